The number of nitrogens with zero attached hydrogens (tertiary/aromatic N) is 2. The SMILES string of the molecule is NC(=O)c1cnc(C(=O)N[C@H](CO)CC2CCCCC2)cn1. The molecule has 0 aromatic carbocycles. The van der Waals surface area contributed by atoms with Crippen LogP contribution < -0.4 is 11.1 Å². The van der Waals surface area contributed by atoms with Gasteiger partial charge in [-0.25, -0.2) is 9.97 Å². The van der Waals surface area contributed by atoms with Crippen LogP contribution >= 0.6 is 0 Å². The van der Waals surface area contributed by atoms with E-state index in [1.54, 1.807) is 0 Å². The van der Waals surface area contributed by atoms with Crippen LogP contribution in [0.1, 0.15) is 59.5 Å². The third-order valence-electron chi connectivity index (χ3n) is 4.04. The number of aromatic nitrogens is 2. The number of nitrogens with one attached hydrogen (secondary N) is 1. The van der Waals surface area contributed by atoms with Gasteiger partial charge < -0.3 is 16.2 Å². The molecule has 1 fully saturated rings. The fourth-order valence-corrected chi connectivity index (χ4v) is 2.84. The van der Waals surface area contributed by atoms with E-state index in [0.29, 0.717) is 5.92 Å². The highest BCUT2D eigenvalue weighted by atomic mass is 16.3. The number of hydrogen-bond acceptors (Lipinski definition) is 5. The van der Waals surface area contributed by atoms with Crippen molar-refractivity contribution in [3.8, 4) is 0 Å². The molecule has 0 unspecified atom stereocenters. The summed E-state index contributed by atoms with van der Waals surface area (Å²) in [4.78, 5) is 30.7. The van der Waals surface area contributed by atoms with E-state index < -0.39 is 11.8 Å². The van der Waals surface area contributed by atoms with Gasteiger partial charge in [-0.15, -0.1) is 0 Å². The van der Waals surface area contributed by atoms with Gasteiger partial charge >= 0.3 is 0 Å². The smallest absolute Gasteiger partial charge is 0.271 e. The van der Waals surface area contributed by atoms with E-state index >= 15 is 0 Å². The summed E-state index contributed by atoms with van der Waals surface area (Å²) in [6.07, 6.45) is 9.17. The van der Waals surface area contributed by atoms with Crippen molar-refractivity contribution in [2.45, 2.75) is 44.6 Å². The Kier molecular flexibility index (Phi) is 5.83. The molecular formula is C15H22N4O3. The summed E-state index contributed by atoms with van der Waals surface area (Å²) in [6, 6.07) is -0.284. The van der Waals surface area contributed by atoms with E-state index in [4.69, 9.17) is 5.73 Å². The molecule has 0 spiro atoms. The number of amides is 2. The zero-order valence-corrected chi connectivity index (χ0v) is 12.5. The zero-order valence-electron chi connectivity index (χ0n) is 12.5. The monoisotopic (exact) mass is 306 g/mol. The summed E-state index contributed by atoms with van der Waals surface area (Å²) in [5.74, 6) is -0.544. The molecule has 2 amide bonds. The molecule has 22 heavy (non-hydrogen) atoms. The lowest BCUT2D eigenvalue weighted by Gasteiger charge is -2.26. The summed E-state index contributed by atoms with van der Waals surface area (Å²) < 4.78 is 0. The Morgan fingerprint density at radius 2 is 1.86 bits per heavy atom. The molecule has 1 aliphatic rings. The predicted octanol–water partition coefficient (Wildman–Crippen LogP) is 0.637. The molecule has 1 aliphatic carbocycles. The quantitative estimate of drug-likeness (QED) is 0.712. The van der Waals surface area contributed by atoms with Crippen molar-refractivity contribution >= 4 is 11.8 Å². The van der Waals surface area contributed by atoms with E-state index in [1.165, 1.54) is 31.7 Å². The molecule has 0 aliphatic heterocycles. The van der Waals surface area contributed by atoms with Crippen molar-refractivity contribution < 1.29 is 14.7 Å². The summed E-state index contributed by atoms with van der Waals surface area (Å²) in [5.41, 5.74) is 5.19. The average molecular weight is 306 g/mol. The van der Waals surface area contributed by atoms with Gasteiger partial charge in [-0.05, 0) is 12.3 Å². The zero-order chi connectivity index (χ0) is 15.9. The Labute approximate surface area is 129 Å². The van der Waals surface area contributed by atoms with E-state index in [0.717, 1.165) is 19.3 Å². The molecule has 0 radical (unpaired) electrons. The first-order chi connectivity index (χ1) is 10.6. The topological polar surface area (TPSA) is 118 Å². The molecule has 0 bridgehead atoms. The van der Waals surface area contributed by atoms with E-state index in [2.05, 4.69) is 15.3 Å². The number of aliphatic hydroxyl groups is 1. The molecule has 1 aromatic heterocycles. The Hall–Kier alpha value is -2.02. The number of carbonyl (C=O) groups is 2. The van der Waals surface area contributed by atoms with Crippen LogP contribution in [0.25, 0.3) is 0 Å². The van der Waals surface area contributed by atoms with E-state index in [-0.39, 0.29) is 24.0 Å². The average Bonchev–Trinajstić information content (AvgIpc) is 2.55. The van der Waals surface area contributed by atoms with E-state index in [9.17, 15) is 14.7 Å². The van der Waals surface area contributed by atoms with Crippen LogP contribution in [0.3, 0.4) is 0 Å². The van der Waals surface area contributed by atoms with Crippen molar-refractivity contribution in [2.75, 3.05) is 6.61 Å². The Morgan fingerprint density at radius 1 is 1.23 bits per heavy atom. The normalized spacial score (nSPS) is 17.0. The standard InChI is InChI=1S/C15H22N4O3/c16-14(21)12-7-18-13(8-17-12)15(22)19-11(9-20)6-10-4-2-1-3-5-10/h7-8,10-11,20H,1-6,9H2,(H2,16,21)(H,19,22)/t11-/m0/s1. The third kappa shape index (κ3) is 4.49. The lowest BCUT2D eigenvalue weighted by molar-refractivity contribution is 0.0894. The fourth-order valence-electron chi connectivity index (χ4n) is 2.84. The van der Waals surface area contributed by atoms with Gasteiger partial charge in [0.05, 0.1) is 25.0 Å². The molecule has 4 N–H and O–H groups in total. The molecule has 1 saturated carbocycles. The maximum Gasteiger partial charge on any atom is 0.271 e. The molecule has 1 aromatic rings. The van der Waals surface area contributed by atoms with Crippen molar-refractivity contribution in [3.05, 3.63) is 23.8 Å². The van der Waals surface area contributed by atoms with Gasteiger partial charge in [-0.1, -0.05) is 32.1 Å². The second-order valence-electron chi connectivity index (χ2n) is 5.74. The van der Waals surface area contributed by atoms with Gasteiger partial charge in [0.2, 0.25) is 0 Å². The van der Waals surface area contributed by atoms with Crippen LogP contribution in [0, 0.1) is 5.92 Å². The second-order valence-corrected chi connectivity index (χ2v) is 5.74. The van der Waals surface area contributed by atoms with Crippen molar-refractivity contribution in [1.82, 2.24) is 15.3 Å². The third-order valence-corrected chi connectivity index (χ3v) is 4.04. The number of carbonyl (C=O) groups excluding carboxylic acids is 2. The first kappa shape index (κ1) is 16.4. The maximum atomic E-state index is 12.1. The highest BCUT2D eigenvalue weighted by Gasteiger charge is 2.21. The summed E-state index contributed by atoms with van der Waals surface area (Å²) in [7, 11) is 0. The van der Waals surface area contributed by atoms with Crippen LogP contribution in [-0.2, 0) is 0 Å². The minimum Gasteiger partial charge on any atom is -0.394 e. The number of nitrogens with two attached hydrogens (primary N) is 1. The molecule has 7 nitrogen and oxygen atoms in total. The first-order valence-electron chi connectivity index (χ1n) is 7.63. The Bertz CT molecular complexity index is 512. The molecule has 1 atom stereocenters. The van der Waals surface area contributed by atoms with Crippen molar-refractivity contribution in [2.24, 2.45) is 11.7 Å². The van der Waals surface area contributed by atoms with Crippen molar-refractivity contribution in [3.63, 3.8) is 0 Å². The van der Waals surface area contributed by atoms with E-state index in [1.807, 2.05) is 0 Å². The summed E-state index contributed by atoms with van der Waals surface area (Å²) >= 11 is 0. The second kappa shape index (κ2) is 7.84. The van der Waals surface area contributed by atoms with Crippen molar-refractivity contribution in [1.29, 1.82) is 0 Å². The molecular weight excluding hydrogens is 284 g/mol. The lowest BCUT2D eigenvalue weighted by atomic mass is 9.85. The Morgan fingerprint density at radius 3 is 2.41 bits per heavy atom. The highest BCUT2D eigenvalue weighted by Crippen LogP contribution is 2.27. The molecule has 2 rings (SSSR count). The van der Waals surface area contributed by atoms with Gasteiger partial charge in [0.15, 0.2) is 0 Å². The molecule has 0 saturated heterocycles. The Balaban J connectivity index is 1.91. The van der Waals surface area contributed by atoms with Gasteiger partial charge in [-0.2, -0.15) is 0 Å². The molecule has 1 heterocycles. The van der Waals surface area contributed by atoms with Gasteiger partial charge in [0.25, 0.3) is 11.8 Å². The number of primary amides is 1. The van der Waals surface area contributed by atoms with Crippen LogP contribution in [0.5, 0.6) is 0 Å². The van der Waals surface area contributed by atoms with Gasteiger partial charge in [0.1, 0.15) is 11.4 Å². The fraction of sp³-hybridized carbons (Fsp3) is 0.600. The van der Waals surface area contributed by atoms with Crippen LogP contribution in [-0.4, -0.2) is 39.5 Å². The largest absolute Gasteiger partial charge is 0.394 e. The number of aliphatic hydroxyl groups excluding tert-OH is 1. The van der Waals surface area contributed by atoms with Crippen LogP contribution in [0.2, 0.25) is 0 Å². The minimum absolute atomic E-state index is 0.0115. The predicted molar refractivity (Wildman–Crippen MR) is 80.1 cm³/mol. The lowest BCUT2D eigenvalue weighted by Crippen LogP contribution is -2.39. The number of hydrogen-bond donors (Lipinski definition) is 3. The minimum atomic E-state index is -0.690. The first-order valence-corrected chi connectivity index (χ1v) is 7.63. The van der Waals surface area contributed by atoms with Crippen LogP contribution in [0.15, 0.2) is 12.4 Å². The maximum absolute atomic E-state index is 12.1. The summed E-state index contributed by atoms with van der Waals surface area (Å²) in [6.45, 7) is -0.102. The number of rotatable bonds is 6. The summed E-state index contributed by atoms with van der Waals surface area (Å²) in [5, 5.41) is 12.2. The van der Waals surface area contributed by atoms with Gasteiger partial charge in [-0.3, -0.25) is 9.59 Å². The van der Waals surface area contributed by atoms with Gasteiger partial charge in [0, 0.05) is 0 Å². The van der Waals surface area contributed by atoms with Crippen LogP contribution in [0.4, 0.5) is 0 Å². The molecule has 7 heteroatoms. The highest BCUT2D eigenvalue weighted by molar-refractivity contribution is 5.93. The molecule has 120 valence electrons.